The highest BCUT2D eigenvalue weighted by Gasteiger charge is 2.46. The molecule has 1 aliphatic carbocycles. The fourth-order valence-electron chi connectivity index (χ4n) is 1.74. The highest BCUT2D eigenvalue weighted by molar-refractivity contribution is 5.74. The normalized spacial score (nSPS) is 17.3. The van der Waals surface area contributed by atoms with Crippen LogP contribution in [0.4, 0.5) is 0 Å². The second-order valence-corrected chi connectivity index (χ2v) is 3.94. The van der Waals surface area contributed by atoms with E-state index in [-0.39, 0.29) is 5.41 Å². The van der Waals surface area contributed by atoms with Gasteiger partial charge in [0.25, 0.3) is 0 Å². The van der Waals surface area contributed by atoms with E-state index in [0.29, 0.717) is 0 Å². The van der Waals surface area contributed by atoms with Crippen LogP contribution in [0.1, 0.15) is 18.5 Å². The Bertz CT molecular complexity index is 564. The summed E-state index contributed by atoms with van der Waals surface area (Å²) in [5.74, 6) is 0. The zero-order valence-electron chi connectivity index (χ0n) is 8.14. The zero-order chi connectivity index (χ0) is 10.3. The van der Waals surface area contributed by atoms with Crippen molar-refractivity contribution in [2.24, 2.45) is 0 Å². The van der Waals surface area contributed by atoms with Gasteiger partial charge in [0.15, 0.2) is 0 Å². The molecule has 1 saturated carbocycles. The number of rotatable bonds is 1. The van der Waals surface area contributed by atoms with Crippen LogP contribution in [-0.4, -0.2) is 9.97 Å². The summed E-state index contributed by atoms with van der Waals surface area (Å²) >= 11 is 0. The maximum absolute atomic E-state index is 9.06. The molecule has 2 aromatic rings. The largest absolute Gasteiger partial charge is 0.253 e. The fraction of sp³-hybridized carbons (Fsp3) is 0.250. The van der Waals surface area contributed by atoms with Crippen molar-refractivity contribution in [2.45, 2.75) is 18.3 Å². The molecular formula is C12H9N3. The maximum atomic E-state index is 9.06. The van der Waals surface area contributed by atoms with E-state index in [0.717, 1.165) is 29.6 Å². The minimum atomic E-state index is -0.336. The Kier molecular flexibility index (Phi) is 1.54. The molecule has 0 spiro atoms. The lowest BCUT2D eigenvalue weighted by Gasteiger charge is -2.05. The molecule has 1 aromatic heterocycles. The Balaban J connectivity index is 2.19. The molecule has 0 amide bonds. The minimum Gasteiger partial charge on any atom is -0.253 e. The molecule has 3 rings (SSSR count). The van der Waals surface area contributed by atoms with Crippen LogP contribution in [-0.2, 0) is 5.41 Å². The molecule has 0 saturated heterocycles. The van der Waals surface area contributed by atoms with Crippen LogP contribution in [0.3, 0.4) is 0 Å². The number of nitrogens with zero attached hydrogens (tertiary/aromatic N) is 3. The van der Waals surface area contributed by atoms with Crippen LogP contribution >= 0.6 is 0 Å². The summed E-state index contributed by atoms with van der Waals surface area (Å²) in [6.45, 7) is 0. The van der Waals surface area contributed by atoms with Crippen molar-refractivity contribution in [1.82, 2.24) is 9.97 Å². The van der Waals surface area contributed by atoms with Gasteiger partial charge in [0.05, 0.1) is 29.0 Å². The monoisotopic (exact) mass is 195 g/mol. The zero-order valence-corrected chi connectivity index (χ0v) is 8.14. The van der Waals surface area contributed by atoms with Crippen LogP contribution in [0, 0.1) is 11.3 Å². The Morgan fingerprint density at radius 2 is 1.93 bits per heavy atom. The molecule has 0 atom stereocenters. The minimum absolute atomic E-state index is 0.336. The van der Waals surface area contributed by atoms with Gasteiger partial charge >= 0.3 is 0 Å². The quantitative estimate of drug-likeness (QED) is 0.700. The summed E-state index contributed by atoms with van der Waals surface area (Å²) in [7, 11) is 0. The summed E-state index contributed by atoms with van der Waals surface area (Å²) < 4.78 is 0. The number of nitriles is 1. The molecule has 3 heteroatoms. The number of aromatic nitrogens is 2. The molecule has 1 heterocycles. The average Bonchev–Trinajstić information content (AvgIpc) is 3.09. The molecule has 1 aliphatic rings. The number of para-hydroxylation sites is 2. The number of hydrogen-bond donors (Lipinski definition) is 0. The highest BCUT2D eigenvalue weighted by atomic mass is 14.8. The lowest BCUT2D eigenvalue weighted by Crippen LogP contribution is -2.06. The van der Waals surface area contributed by atoms with Crippen molar-refractivity contribution in [3.8, 4) is 6.07 Å². The van der Waals surface area contributed by atoms with E-state index in [9.17, 15) is 0 Å². The van der Waals surface area contributed by atoms with Gasteiger partial charge in [-0.15, -0.1) is 0 Å². The molecule has 0 radical (unpaired) electrons. The molecule has 0 unspecified atom stereocenters. The van der Waals surface area contributed by atoms with Crippen molar-refractivity contribution in [3.05, 3.63) is 36.2 Å². The van der Waals surface area contributed by atoms with Crippen molar-refractivity contribution in [2.75, 3.05) is 0 Å². The van der Waals surface area contributed by atoms with Gasteiger partial charge in [-0.05, 0) is 25.0 Å². The van der Waals surface area contributed by atoms with Gasteiger partial charge in [0, 0.05) is 0 Å². The molecule has 0 N–H and O–H groups in total. The third kappa shape index (κ3) is 1.18. The molecule has 15 heavy (non-hydrogen) atoms. The van der Waals surface area contributed by atoms with Crippen LogP contribution < -0.4 is 0 Å². The molecule has 1 aromatic carbocycles. The van der Waals surface area contributed by atoms with Crippen LogP contribution in [0.15, 0.2) is 30.5 Å². The van der Waals surface area contributed by atoms with Crippen LogP contribution in [0.5, 0.6) is 0 Å². The van der Waals surface area contributed by atoms with Crippen molar-refractivity contribution >= 4 is 11.0 Å². The maximum Gasteiger partial charge on any atom is 0.101 e. The first kappa shape index (κ1) is 8.37. The molecule has 1 fully saturated rings. The Hall–Kier alpha value is -1.95. The summed E-state index contributed by atoms with van der Waals surface area (Å²) in [5.41, 5.74) is 2.24. The third-order valence-electron chi connectivity index (χ3n) is 2.90. The van der Waals surface area contributed by atoms with Gasteiger partial charge in [0.1, 0.15) is 5.41 Å². The van der Waals surface area contributed by atoms with E-state index in [1.807, 2.05) is 24.3 Å². The van der Waals surface area contributed by atoms with E-state index in [2.05, 4.69) is 16.0 Å². The molecular weight excluding hydrogens is 186 g/mol. The van der Waals surface area contributed by atoms with Crippen molar-refractivity contribution in [3.63, 3.8) is 0 Å². The van der Waals surface area contributed by atoms with E-state index >= 15 is 0 Å². The number of fused-ring (bicyclic) bond motifs is 1. The summed E-state index contributed by atoms with van der Waals surface area (Å²) in [5, 5.41) is 9.06. The Labute approximate surface area is 87.4 Å². The number of hydrogen-bond acceptors (Lipinski definition) is 3. The summed E-state index contributed by atoms with van der Waals surface area (Å²) in [6, 6.07) is 10.1. The van der Waals surface area contributed by atoms with Gasteiger partial charge < -0.3 is 0 Å². The summed E-state index contributed by atoms with van der Waals surface area (Å²) in [6.07, 6.45) is 3.56. The van der Waals surface area contributed by atoms with Gasteiger partial charge in [-0.3, -0.25) is 4.98 Å². The van der Waals surface area contributed by atoms with Crippen molar-refractivity contribution in [1.29, 1.82) is 5.26 Å². The SMILES string of the molecule is N#CC1(c2cnc3ccccc3n2)CC1. The predicted molar refractivity (Wildman–Crippen MR) is 56.1 cm³/mol. The van der Waals surface area contributed by atoms with Crippen LogP contribution in [0.25, 0.3) is 11.0 Å². The standard InChI is InChI=1S/C12H9N3/c13-8-12(5-6-12)11-7-14-9-3-1-2-4-10(9)15-11/h1-4,7H,5-6H2. The Morgan fingerprint density at radius 1 is 1.20 bits per heavy atom. The molecule has 0 aliphatic heterocycles. The second-order valence-electron chi connectivity index (χ2n) is 3.94. The first-order valence-electron chi connectivity index (χ1n) is 4.98. The topological polar surface area (TPSA) is 49.6 Å². The fourth-order valence-corrected chi connectivity index (χ4v) is 1.74. The van der Waals surface area contributed by atoms with Gasteiger partial charge in [-0.2, -0.15) is 5.26 Å². The molecule has 3 nitrogen and oxygen atoms in total. The lowest BCUT2D eigenvalue weighted by atomic mass is 10.1. The van der Waals surface area contributed by atoms with Gasteiger partial charge in [-0.25, -0.2) is 4.98 Å². The van der Waals surface area contributed by atoms with Crippen molar-refractivity contribution < 1.29 is 0 Å². The third-order valence-corrected chi connectivity index (χ3v) is 2.90. The average molecular weight is 195 g/mol. The van der Waals surface area contributed by atoms with E-state index in [4.69, 9.17) is 5.26 Å². The molecule has 72 valence electrons. The summed E-state index contributed by atoms with van der Waals surface area (Å²) in [4.78, 5) is 8.82. The first-order chi connectivity index (χ1) is 7.34. The van der Waals surface area contributed by atoms with E-state index in [1.165, 1.54) is 0 Å². The predicted octanol–water partition coefficient (Wildman–Crippen LogP) is 2.18. The first-order valence-corrected chi connectivity index (χ1v) is 4.98. The lowest BCUT2D eigenvalue weighted by molar-refractivity contribution is 0.853. The highest BCUT2D eigenvalue weighted by Crippen LogP contribution is 2.46. The van der Waals surface area contributed by atoms with E-state index in [1.54, 1.807) is 6.20 Å². The molecule has 0 bridgehead atoms. The Morgan fingerprint density at radius 3 is 2.60 bits per heavy atom. The van der Waals surface area contributed by atoms with Crippen LogP contribution in [0.2, 0.25) is 0 Å². The van der Waals surface area contributed by atoms with Gasteiger partial charge in [-0.1, -0.05) is 12.1 Å². The van der Waals surface area contributed by atoms with Gasteiger partial charge in [0.2, 0.25) is 0 Å². The van der Waals surface area contributed by atoms with E-state index < -0.39 is 0 Å². The smallest absolute Gasteiger partial charge is 0.101 e. The second kappa shape index (κ2) is 2.77. The number of benzene rings is 1.